The lowest BCUT2D eigenvalue weighted by Crippen LogP contribution is -2.02. The van der Waals surface area contributed by atoms with Crippen LogP contribution in [0.5, 0.6) is 0 Å². The summed E-state index contributed by atoms with van der Waals surface area (Å²) in [6, 6.07) is 69.3. The van der Waals surface area contributed by atoms with E-state index < -0.39 is 0 Å². The minimum atomic E-state index is 0.521. The maximum absolute atomic E-state index is 6.68. The molecule has 12 rings (SSSR count). The number of para-hydroxylation sites is 2. The predicted molar refractivity (Wildman–Crippen MR) is 245 cm³/mol. The minimum Gasteiger partial charge on any atom is -0.456 e. The average molecular weight is 768 g/mol. The van der Waals surface area contributed by atoms with Crippen LogP contribution < -0.4 is 0 Å². The summed E-state index contributed by atoms with van der Waals surface area (Å²) in [5.41, 5.74) is 12.2. The third-order valence-electron chi connectivity index (χ3n) is 11.6. The van der Waals surface area contributed by atoms with Crippen LogP contribution in [0.15, 0.2) is 209 Å². The molecule has 0 amide bonds. The molecule has 0 aliphatic rings. The van der Waals surface area contributed by atoms with Crippen LogP contribution in [-0.2, 0) is 0 Å². The van der Waals surface area contributed by atoms with Gasteiger partial charge in [-0.05, 0) is 80.6 Å². The molecule has 60 heavy (non-hydrogen) atoms. The monoisotopic (exact) mass is 767 g/mol. The van der Waals surface area contributed by atoms with Gasteiger partial charge in [0.2, 0.25) is 0 Å². The summed E-state index contributed by atoms with van der Waals surface area (Å²) in [5.74, 6) is 1.62. The van der Waals surface area contributed by atoms with Crippen molar-refractivity contribution in [2.24, 2.45) is 0 Å². The molecule has 0 saturated heterocycles. The average Bonchev–Trinajstić information content (AvgIpc) is 3.89. The van der Waals surface area contributed by atoms with Gasteiger partial charge in [-0.25, -0.2) is 15.0 Å². The Morgan fingerprint density at radius 1 is 0.300 bits per heavy atom. The van der Waals surface area contributed by atoms with Crippen molar-refractivity contribution in [1.29, 1.82) is 0 Å². The van der Waals surface area contributed by atoms with Gasteiger partial charge >= 0.3 is 0 Å². The number of rotatable bonds is 6. The lowest BCUT2D eigenvalue weighted by atomic mass is 9.93. The molecule has 3 heterocycles. The van der Waals surface area contributed by atoms with Gasteiger partial charge < -0.3 is 8.83 Å². The van der Waals surface area contributed by atoms with Crippen LogP contribution in [-0.4, -0.2) is 15.0 Å². The Labute approximate surface area is 344 Å². The normalized spacial score (nSPS) is 11.7. The fourth-order valence-corrected chi connectivity index (χ4v) is 8.60. The number of aromatic nitrogens is 3. The Balaban J connectivity index is 1.14. The molecule has 280 valence electrons. The van der Waals surface area contributed by atoms with Crippen molar-refractivity contribution >= 4 is 54.6 Å². The highest BCUT2D eigenvalue weighted by molar-refractivity contribution is 6.18. The van der Waals surface area contributed by atoms with E-state index in [0.29, 0.717) is 17.5 Å². The molecule has 0 saturated carbocycles. The number of fused-ring (bicyclic) bond motifs is 7. The molecule has 0 radical (unpaired) electrons. The van der Waals surface area contributed by atoms with Gasteiger partial charge in [0, 0.05) is 32.7 Å². The number of hydrogen-bond donors (Lipinski definition) is 0. The Morgan fingerprint density at radius 2 is 0.867 bits per heavy atom. The van der Waals surface area contributed by atoms with Gasteiger partial charge in [0.25, 0.3) is 0 Å². The van der Waals surface area contributed by atoms with Gasteiger partial charge in [-0.1, -0.05) is 164 Å². The van der Waals surface area contributed by atoms with E-state index in [-0.39, 0.29) is 0 Å². The van der Waals surface area contributed by atoms with Gasteiger partial charge in [-0.2, -0.15) is 0 Å². The van der Waals surface area contributed by atoms with E-state index in [4.69, 9.17) is 23.8 Å². The second-order valence-corrected chi connectivity index (χ2v) is 15.1. The molecule has 0 unspecified atom stereocenters. The summed E-state index contributed by atoms with van der Waals surface area (Å²) in [7, 11) is 0. The highest BCUT2D eigenvalue weighted by atomic mass is 16.3. The lowest BCUT2D eigenvalue weighted by Gasteiger charge is -2.14. The van der Waals surface area contributed by atoms with Crippen LogP contribution >= 0.6 is 0 Å². The summed E-state index contributed by atoms with van der Waals surface area (Å²) < 4.78 is 13.3. The quantitative estimate of drug-likeness (QED) is 0.169. The standard InChI is InChI=1S/C55H33N3O2/c1-3-12-34(13-4-1)36-22-26-38(27-23-36)42-30-31-48-50(46-32-40-16-7-8-17-41(40)33-49(46)59-48)51(42)55-57-53(39-28-24-37(25-29-39)35-14-5-2-6-15-35)56-54(58-55)45-20-11-19-44-43-18-9-10-21-47(43)60-52(44)45/h1-33H. The number of benzene rings is 9. The summed E-state index contributed by atoms with van der Waals surface area (Å²) >= 11 is 0. The molecular weight excluding hydrogens is 735 g/mol. The maximum atomic E-state index is 6.68. The summed E-state index contributed by atoms with van der Waals surface area (Å²) in [6.45, 7) is 0. The second-order valence-electron chi connectivity index (χ2n) is 15.1. The molecule has 9 aromatic carbocycles. The topological polar surface area (TPSA) is 65.0 Å². The van der Waals surface area contributed by atoms with Crippen LogP contribution in [0.25, 0.3) is 122 Å². The Hall–Kier alpha value is -8.15. The zero-order valence-corrected chi connectivity index (χ0v) is 32.2. The molecule has 12 aromatic rings. The molecule has 0 aliphatic heterocycles. The van der Waals surface area contributed by atoms with Crippen LogP contribution in [0.3, 0.4) is 0 Å². The van der Waals surface area contributed by atoms with E-state index in [1.54, 1.807) is 0 Å². The van der Waals surface area contributed by atoms with E-state index in [0.717, 1.165) is 105 Å². The highest BCUT2D eigenvalue weighted by Crippen LogP contribution is 2.44. The van der Waals surface area contributed by atoms with Gasteiger partial charge in [0.1, 0.15) is 22.3 Å². The SMILES string of the molecule is c1ccc(-c2ccc(-c3nc(-c4cccc5c4oc4ccccc45)nc(-c4c(-c5ccc(-c6ccccc6)cc5)ccc5oc6cc7ccccc7cc6c45)n3)cc2)cc1. The Bertz CT molecular complexity index is 3570. The van der Waals surface area contributed by atoms with Crippen molar-refractivity contribution in [3.05, 3.63) is 200 Å². The van der Waals surface area contributed by atoms with Crippen LogP contribution in [0, 0.1) is 0 Å². The summed E-state index contributed by atoms with van der Waals surface area (Å²) in [5, 5.41) is 6.24. The van der Waals surface area contributed by atoms with Crippen LogP contribution in [0.4, 0.5) is 0 Å². The maximum Gasteiger partial charge on any atom is 0.167 e. The zero-order chi connectivity index (χ0) is 39.6. The fraction of sp³-hybridized carbons (Fsp3) is 0. The van der Waals surface area contributed by atoms with E-state index in [1.807, 2.05) is 42.5 Å². The molecule has 5 nitrogen and oxygen atoms in total. The van der Waals surface area contributed by atoms with Crippen molar-refractivity contribution in [2.45, 2.75) is 0 Å². The van der Waals surface area contributed by atoms with Gasteiger partial charge in [0.15, 0.2) is 17.5 Å². The first kappa shape index (κ1) is 33.9. The summed E-state index contributed by atoms with van der Waals surface area (Å²) in [4.78, 5) is 16.0. The predicted octanol–water partition coefficient (Wildman–Crippen LogP) is 14.8. The Morgan fingerprint density at radius 3 is 1.60 bits per heavy atom. The first-order valence-electron chi connectivity index (χ1n) is 20.1. The minimum absolute atomic E-state index is 0.521. The lowest BCUT2D eigenvalue weighted by molar-refractivity contribution is 0.669. The van der Waals surface area contributed by atoms with Gasteiger partial charge in [-0.3, -0.25) is 0 Å². The fourth-order valence-electron chi connectivity index (χ4n) is 8.60. The summed E-state index contributed by atoms with van der Waals surface area (Å²) in [6.07, 6.45) is 0. The number of nitrogens with zero attached hydrogens (tertiary/aromatic N) is 3. The van der Waals surface area contributed by atoms with E-state index in [9.17, 15) is 0 Å². The first-order valence-corrected chi connectivity index (χ1v) is 20.1. The van der Waals surface area contributed by atoms with Crippen molar-refractivity contribution in [2.75, 3.05) is 0 Å². The van der Waals surface area contributed by atoms with Crippen molar-refractivity contribution in [3.8, 4) is 67.5 Å². The van der Waals surface area contributed by atoms with Gasteiger partial charge in [-0.15, -0.1) is 0 Å². The molecule has 3 aromatic heterocycles. The van der Waals surface area contributed by atoms with E-state index in [1.165, 1.54) is 0 Å². The molecule has 0 N–H and O–H groups in total. The smallest absolute Gasteiger partial charge is 0.167 e. The molecule has 0 bridgehead atoms. The number of hydrogen-bond acceptors (Lipinski definition) is 5. The van der Waals surface area contributed by atoms with Crippen molar-refractivity contribution in [1.82, 2.24) is 15.0 Å². The first-order chi connectivity index (χ1) is 29.7. The molecule has 0 aliphatic carbocycles. The van der Waals surface area contributed by atoms with Crippen LogP contribution in [0.2, 0.25) is 0 Å². The zero-order valence-electron chi connectivity index (χ0n) is 32.2. The van der Waals surface area contributed by atoms with Gasteiger partial charge in [0.05, 0.1) is 5.56 Å². The van der Waals surface area contributed by atoms with E-state index >= 15 is 0 Å². The Kier molecular flexibility index (Phi) is 7.78. The molecule has 0 fully saturated rings. The van der Waals surface area contributed by atoms with Crippen molar-refractivity contribution < 1.29 is 8.83 Å². The van der Waals surface area contributed by atoms with Crippen LogP contribution in [0.1, 0.15) is 0 Å². The molecular formula is C55H33N3O2. The second kappa shape index (κ2) is 13.8. The molecule has 0 atom stereocenters. The molecule has 5 heteroatoms. The largest absolute Gasteiger partial charge is 0.456 e. The number of furan rings is 2. The highest BCUT2D eigenvalue weighted by Gasteiger charge is 2.24. The third kappa shape index (κ3) is 5.67. The van der Waals surface area contributed by atoms with E-state index in [2.05, 4.69) is 158 Å². The third-order valence-corrected chi connectivity index (χ3v) is 11.6. The van der Waals surface area contributed by atoms with Crippen molar-refractivity contribution in [3.63, 3.8) is 0 Å². The molecule has 0 spiro atoms.